The second-order valence-corrected chi connectivity index (χ2v) is 7.47. The lowest BCUT2D eigenvalue weighted by Crippen LogP contribution is -2.41. The molecule has 0 spiro atoms. The van der Waals surface area contributed by atoms with Crippen LogP contribution in [0.5, 0.6) is 0 Å². The van der Waals surface area contributed by atoms with Crippen molar-refractivity contribution in [3.05, 3.63) is 50.7 Å². The van der Waals surface area contributed by atoms with Gasteiger partial charge in [-0.3, -0.25) is 9.59 Å². The zero-order chi connectivity index (χ0) is 16.6. The monoisotopic (exact) mass is 348 g/mol. The number of carbonyl (C=O) groups is 2. The zero-order valence-electron chi connectivity index (χ0n) is 12.9. The van der Waals surface area contributed by atoms with E-state index in [0.29, 0.717) is 22.2 Å². The maximum atomic E-state index is 12.6. The highest BCUT2D eigenvalue weighted by molar-refractivity contribution is 7.18. The number of hydrogen-bond donors (Lipinski definition) is 1. The average Bonchev–Trinajstić information content (AvgIpc) is 3.05. The number of carbonyl (C=O) groups excluding carboxylic acids is 2. The first kappa shape index (κ1) is 16.0. The van der Waals surface area contributed by atoms with Gasteiger partial charge in [-0.25, -0.2) is 0 Å². The Morgan fingerprint density at radius 1 is 1.26 bits per heavy atom. The van der Waals surface area contributed by atoms with Gasteiger partial charge in [0.2, 0.25) is 5.91 Å². The number of anilines is 1. The van der Waals surface area contributed by atoms with E-state index in [-0.39, 0.29) is 11.8 Å². The van der Waals surface area contributed by atoms with Crippen molar-refractivity contribution >= 4 is 40.4 Å². The number of nitrogens with one attached hydrogen (secondary N) is 1. The minimum Gasteiger partial charge on any atom is -0.339 e. The Kier molecular flexibility index (Phi) is 4.41. The lowest BCUT2D eigenvalue weighted by atomic mass is 10.1. The molecule has 2 aromatic rings. The smallest absolute Gasteiger partial charge is 0.262 e. The summed E-state index contributed by atoms with van der Waals surface area (Å²) < 4.78 is 0.560. The fourth-order valence-electron chi connectivity index (χ4n) is 2.84. The fourth-order valence-corrected chi connectivity index (χ4v) is 3.79. The van der Waals surface area contributed by atoms with E-state index in [2.05, 4.69) is 11.4 Å². The zero-order valence-corrected chi connectivity index (χ0v) is 14.5. The summed E-state index contributed by atoms with van der Waals surface area (Å²) in [5.74, 6) is -0.312. The third-order valence-corrected chi connectivity index (χ3v) is 5.06. The number of halogens is 1. The molecule has 1 aromatic heterocycles. The summed E-state index contributed by atoms with van der Waals surface area (Å²) in [6.45, 7) is 4.63. The number of nitrogens with zero attached hydrogens (tertiary/aromatic N) is 1. The predicted octanol–water partition coefficient (Wildman–Crippen LogP) is 3.55. The van der Waals surface area contributed by atoms with E-state index in [9.17, 15) is 9.59 Å². The highest BCUT2D eigenvalue weighted by Crippen LogP contribution is 2.25. The molecule has 0 radical (unpaired) electrons. The van der Waals surface area contributed by atoms with Gasteiger partial charge in [0.15, 0.2) is 0 Å². The summed E-state index contributed by atoms with van der Waals surface area (Å²) in [7, 11) is 0. The van der Waals surface area contributed by atoms with Gasteiger partial charge in [-0.05, 0) is 55.7 Å². The van der Waals surface area contributed by atoms with Crippen molar-refractivity contribution in [3.8, 4) is 0 Å². The Balaban J connectivity index is 1.72. The minimum atomic E-state index is -0.482. The molecule has 0 aliphatic carbocycles. The van der Waals surface area contributed by atoms with Gasteiger partial charge in [-0.1, -0.05) is 17.7 Å². The highest BCUT2D eigenvalue weighted by atomic mass is 35.5. The van der Waals surface area contributed by atoms with Gasteiger partial charge in [-0.15, -0.1) is 11.3 Å². The summed E-state index contributed by atoms with van der Waals surface area (Å²) in [6.07, 6.45) is 0.608. The molecule has 1 saturated heterocycles. The summed E-state index contributed by atoms with van der Waals surface area (Å²) in [5, 5.41) is 2.81. The van der Waals surface area contributed by atoms with Crippen molar-refractivity contribution in [1.82, 2.24) is 5.32 Å². The SMILES string of the molecule is Cc1cc(C)cc(N2CC[C@@H](NC(=O)c3ccc(Cl)s3)C2=O)c1. The maximum Gasteiger partial charge on any atom is 0.262 e. The van der Waals surface area contributed by atoms with Crippen LogP contribution in [0.25, 0.3) is 0 Å². The number of benzene rings is 1. The van der Waals surface area contributed by atoms with Gasteiger partial charge < -0.3 is 10.2 Å². The lowest BCUT2D eigenvalue weighted by molar-refractivity contribution is -0.118. The van der Waals surface area contributed by atoms with Crippen molar-refractivity contribution in [1.29, 1.82) is 0 Å². The first-order valence-electron chi connectivity index (χ1n) is 7.40. The molecule has 2 amide bonds. The van der Waals surface area contributed by atoms with E-state index in [0.717, 1.165) is 16.8 Å². The van der Waals surface area contributed by atoms with Gasteiger partial charge in [0.05, 0.1) is 9.21 Å². The van der Waals surface area contributed by atoms with Crippen LogP contribution in [0.15, 0.2) is 30.3 Å². The molecule has 1 fully saturated rings. The molecular formula is C17H17ClN2O2S. The molecule has 1 N–H and O–H groups in total. The Morgan fingerprint density at radius 2 is 1.96 bits per heavy atom. The Hall–Kier alpha value is -1.85. The highest BCUT2D eigenvalue weighted by Gasteiger charge is 2.34. The summed E-state index contributed by atoms with van der Waals surface area (Å²) >= 11 is 7.06. The molecule has 2 heterocycles. The summed E-state index contributed by atoms with van der Waals surface area (Å²) in [5.41, 5.74) is 3.13. The van der Waals surface area contributed by atoms with E-state index < -0.39 is 6.04 Å². The van der Waals surface area contributed by atoms with Crippen LogP contribution in [-0.2, 0) is 4.79 Å². The van der Waals surface area contributed by atoms with Crippen molar-refractivity contribution in [2.24, 2.45) is 0 Å². The fraction of sp³-hybridized carbons (Fsp3) is 0.294. The number of rotatable bonds is 3. The maximum absolute atomic E-state index is 12.6. The van der Waals surface area contributed by atoms with Crippen LogP contribution in [0.3, 0.4) is 0 Å². The normalized spacial score (nSPS) is 17.6. The molecule has 0 saturated carbocycles. The van der Waals surface area contributed by atoms with Crippen LogP contribution in [0.4, 0.5) is 5.69 Å². The predicted molar refractivity (Wildman–Crippen MR) is 93.5 cm³/mol. The molecule has 1 aromatic carbocycles. The third-order valence-electron chi connectivity index (χ3n) is 3.83. The minimum absolute atomic E-state index is 0.0639. The van der Waals surface area contributed by atoms with Crippen molar-refractivity contribution in [2.75, 3.05) is 11.4 Å². The van der Waals surface area contributed by atoms with Gasteiger partial charge in [0.25, 0.3) is 5.91 Å². The standard InChI is InChI=1S/C17H17ClN2O2S/c1-10-7-11(2)9-12(8-10)20-6-5-13(17(20)22)19-16(21)14-3-4-15(18)23-14/h3-4,7-9,13H,5-6H2,1-2H3,(H,19,21)/t13-/m1/s1. The Bertz CT molecular complexity index is 751. The van der Waals surface area contributed by atoms with Crippen LogP contribution < -0.4 is 10.2 Å². The molecule has 0 unspecified atom stereocenters. The average molecular weight is 349 g/mol. The molecule has 23 heavy (non-hydrogen) atoms. The number of thiophene rings is 1. The van der Waals surface area contributed by atoms with Gasteiger partial charge >= 0.3 is 0 Å². The third kappa shape index (κ3) is 3.41. The van der Waals surface area contributed by atoms with Crippen LogP contribution in [-0.4, -0.2) is 24.4 Å². The van der Waals surface area contributed by atoms with E-state index >= 15 is 0 Å². The van der Waals surface area contributed by atoms with Gasteiger partial charge in [-0.2, -0.15) is 0 Å². The van der Waals surface area contributed by atoms with Crippen molar-refractivity contribution in [3.63, 3.8) is 0 Å². The molecule has 0 bridgehead atoms. The van der Waals surface area contributed by atoms with Gasteiger partial charge in [0.1, 0.15) is 6.04 Å². The van der Waals surface area contributed by atoms with Crippen LogP contribution >= 0.6 is 22.9 Å². The molecule has 1 aliphatic rings. The van der Waals surface area contributed by atoms with Crippen LogP contribution in [0, 0.1) is 13.8 Å². The van der Waals surface area contributed by atoms with E-state index in [1.807, 2.05) is 26.0 Å². The topological polar surface area (TPSA) is 49.4 Å². The van der Waals surface area contributed by atoms with E-state index in [1.165, 1.54) is 11.3 Å². The second kappa shape index (κ2) is 6.34. The molecule has 3 rings (SSSR count). The van der Waals surface area contributed by atoms with Gasteiger partial charge in [0, 0.05) is 12.2 Å². The molecule has 1 aliphatic heterocycles. The first-order valence-corrected chi connectivity index (χ1v) is 8.59. The summed E-state index contributed by atoms with van der Waals surface area (Å²) in [6, 6.07) is 8.93. The molecule has 4 nitrogen and oxygen atoms in total. The number of amides is 2. The first-order chi connectivity index (χ1) is 10.9. The molecule has 1 atom stereocenters. The van der Waals surface area contributed by atoms with E-state index in [4.69, 9.17) is 11.6 Å². The number of hydrogen-bond acceptors (Lipinski definition) is 3. The lowest BCUT2D eigenvalue weighted by Gasteiger charge is -2.18. The van der Waals surface area contributed by atoms with Crippen LogP contribution in [0.2, 0.25) is 4.34 Å². The molecule has 120 valence electrons. The number of aryl methyl sites for hydroxylation is 2. The quantitative estimate of drug-likeness (QED) is 0.922. The Labute approximate surface area is 144 Å². The van der Waals surface area contributed by atoms with E-state index in [1.54, 1.807) is 17.0 Å². The molecule has 6 heteroatoms. The van der Waals surface area contributed by atoms with Crippen LogP contribution in [0.1, 0.15) is 27.2 Å². The van der Waals surface area contributed by atoms with Crippen molar-refractivity contribution < 1.29 is 9.59 Å². The molecular weight excluding hydrogens is 332 g/mol. The Morgan fingerprint density at radius 3 is 2.57 bits per heavy atom. The largest absolute Gasteiger partial charge is 0.339 e. The van der Waals surface area contributed by atoms with Crippen molar-refractivity contribution in [2.45, 2.75) is 26.3 Å². The summed E-state index contributed by atoms with van der Waals surface area (Å²) in [4.78, 5) is 27.0. The second-order valence-electron chi connectivity index (χ2n) is 5.75.